The second-order valence-electron chi connectivity index (χ2n) is 4.39. The number of methoxy groups -OCH3 is 2. The number of carboxylic acid groups (broad SMARTS) is 1. The van der Waals surface area contributed by atoms with Crippen molar-refractivity contribution < 1.29 is 24.1 Å². The van der Waals surface area contributed by atoms with Crippen molar-refractivity contribution in [1.82, 2.24) is 0 Å². The summed E-state index contributed by atoms with van der Waals surface area (Å²) in [6, 6.07) is 12.1. The van der Waals surface area contributed by atoms with E-state index in [1.807, 2.05) is 6.07 Å². The van der Waals surface area contributed by atoms with Gasteiger partial charge < -0.3 is 19.3 Å². The highest BCUT2D eigenvalue weighted by atomic mass is 79.9. The first-order chi connectivity index (χ1) is 10.6. The summed E-state index contributed by atoms with van der Waals surface area (Å²) in [6.45, 7) is 0. The van der Waals surface area contributed by atoms with Crippen LogP contribution < -0.4 is 14.2 Å². The highest BCUT2D eigenvalue weighted by molar-refractivity contribution is 9.10. The molecule has 5 nitrogen and oxygen atoms in total. The maximum Gasteiger partial charge on any atom is 0.349 e. The monoisotopic (exact) mass is 366 g/mol. The molecule has 2 aromatic carbocycles. The fraction of sp³-hybridized carbons (Fsp3) is 0.188. The number of carboxylic acids is 1. The van der Waals surface area contributed by atoms with Gasteiger partial charge in [-0.3, -0.25) is 0 Å². The first kappa shape index (κ1) is 16.2. The van der Waals surface area contributed by atoms with Crippen molar-refractivity contribution in [2.24, 2.45) is 0 Å². The second kappa shape index (κ2) is 7.17. The molecule has 0 aliphatic carbocycles. The summed E-state index contributed by atoms with van der Waals surface area (Å²) in [4.78, 5) is 11.6. The van der Waals surface area contributed by atoms with Crippen LogP contribution in [0.3, 0.4) is 0 Å². The molecule has 2 rings (SSSR count). The zero-order valence-electron chi connectivity index (χ0n) is 12.1. The van der Waals surface area contributed by atoms with Crippen LogP contribution in [0.4, 0.5) is 0 Å². The van der Waals surface area contributed by atoms with Crippen LogP contribution in [0.15, 0.2) is 46.9 Å². The fourth-order valence-corrected chi connectivity index (χ4v) is 2.39. The van der Waals surface area contributed by atoms with Crippen LogP contribution >= 0.6 is 15.9 Å². The summed E-state index contributed by atoms with van der Waals surface area (Å²) in [5.74, 6) is -0.0931. The first-order valence-corrected chi connectivity index (χ1v) is 7.22. The van der Waals surface area contributed by atoms with Crippen LogP contribution in [-0.4, -0.2) is 25.3 Å². The minimum absolute atomic E-state index is 0.240. The van der Waals surface area contributed by atoms with Gasteiger partial charge >= 0.3 is 5.97 Å². The Kier molecular flexibility index (Phi) is 5.27. The molecule has 0 amide bonds. The minimum Gasteiger partial charge on any atom is -0.493 e. The van der Waals surface area contributed by atoms with Gasteiger partial charge in [0.1, 0.15) is 0 Å². The molecular weight excluding hydrogens is 352 g/mol. The Morgan fingerprint density at radius 1 is 1.09 bits per heavy atom. The molecule has 1 atom stereocenters. The standard InChI is InChI=1S/C16H15BrO5/c1-20-12-8-11(17)9-13(21-2)15(12)22-14(16(18)19)10-6-4-3-5-7-10/h3-9,14H,1-2H3,(H,18,19). The molecule has 2 aromatic rings. The van der Waals surface area contributed by atoms with Crippen molar-refractivity contribution in [3.05, 3.63) is 52.5 Å². The van der Waals surface area contributed by atoms with Gasteiger partial charge in [0.25, 0.3) is 0 Å². The Bertz CT molecular complexity index is 632. The predicted octanol–water partition coefficient (Wildman–Crippen LogP) is 3.67. The molecule has 0 aromatic heterocycles. The maximum atomic E-state index is 11.6. The highest BCUT2D eigenvalue weighted by Crippen LogP contribution is 2.42. The van der Waals surface area contributed by atoms with Gasteiger partial charge in [-0.15, -0.1) is 0 Å². The van der Waals surface area contributed by atoms with E-state index in [4.69, 9.17) is 14.2 Å². The third-order valence-corrected chi connectivity index (χ3v) is 3.45. The Morgan fingerprint density at radius 3 is 2.09 bits per heavy atom. The molecule has 0 aliphatic heterocycles. The molecule has 0 heterocycles. The summed E-state index contributed by atoms with van der Waals surface area (Å²) in [5, 5.41) is 9.45. The molecule has 0 spiro atoms. The first-order valence-electron chi connectivity index (χ1n) is 6.42. The van der Waals surface area contributed by atoms with E-state index in [0.29, 0.717) is 17.1 Å². The molecular formula is C16H15BrO5. The number of ether oxygens (including phenoxy) is 3. The third kappa shape index (κ3) is 3.51. The highest BCUT2D eigenvalue weighted by Gasteiger charge is 2.25. The summed E-state index contributed by atoms with van der Waals surface area (Å²) >= 11 is 3.34. The molecule has 0 radical (unpaired) electrons. The number of benzene rings is 2. The largest absolute Gasteiger partial charge is 0.493 e. The molecule has 0 bridgehead atoms. The summed E-state index contributed by atoms with van der Waals surface area (Å²) in [6.07, 6.45) is -1.16. The van der Waals surface area contributed by atoms with E-state index in [1.54, 1.807) is 36.4 Å². The predicted molar refractivity (Wildman–Crippen MR) is 84.7 cm³/mol. The zero-order valence-corrected chi connectivity index (χ0v) is 13.7. The van der Waals surface area contributed by atoms with Crippen LogP contribution in [0.1, 0.15) is 11.7 Å². The van der Waals surface area contributed by atoms with E-state index in [1.165, 1.54) is 14.2 Å². The molecule has 0 aliphatic rings. The Hall–Kier alpha value is -2.21. The lowest BCUT2D eigenvalue weighted by molar-refractivity contribution is -0.145. The molecule has 1 unspecified atom stereocenters. The van der Waals surface area contributed by atoms with Crippen LogP contribution in [0, 0.1) is 0 Å². The Labute approximate surface area is 136 Å². The van der Waals surface area contributed by atoms with Crippen molar-refractivity contribution in [2.75, 3.05) is 14.2 Å². The van der Waals surface area contributed by atoms with Crippen molar-refractivity contribution >= 4 is 21.9 Å². The van der Waals surface area contributed by atoms with Crippen LogP contribution in [0.5, 0.6) is 17.2 Å². The number of hydrogen-bond acceptors (Lipinski definition) is 4. The van der Waals surface area contributed by atoms with Gasteiger partial charge in [-0.25, -0.2) is 4.79 Å². The molecule has 6 heteroatoms. The molecule has 116 valence electrons. The zero-order chi connectivity index (χ0) is 16.1. The minimum atomic E-state index is -1.16. The normalized spacial score (nSPS) is 11.6. The van der Waals surface area contributed by atoms with Crippen molar-refractivity contribution in [1.29, 1.82) is 0 Å². The fourth-order valence-electron chi connectivity index (χ4n) is 1.97. The SMILES string of the molecule is COc1cc(Br)cc(OC)c1OC(C(=O)O)c1ccccc1. The van der Waals surface area contributed by atoms with E-state index >= 15 is 0 Å². The van der Waals surface area contributed by atoms with Crippen LogP contribution in [0.25, 0.3) is 0 Å². The summed E-state index contributed by atoms with van der Waals surface area (Å²) in [5.41, 5.74) is 0.530. The van der Waals surface area contributed by atoms with E-state index in [0.717, 1.165) is 4.47 Å². The quantitative estimate of drug-likeness (QED) is 0.844. The van der Waals surface area contributed by atoms with E-state index in [-0.39, 0.29) is 5.75 Å². The average molecular weight is 367 g/mol. The van der Waals surface area contributed by atoms with E-state index < -0.39 is 12.1 Å². The summed E-state index contributed by atoms with van der Waals surface area (Å²) in [7, 11) is 2.96. The lowest BCUT2D eigenvalue weighted by atomic mass is 10.1. The van der Waals surface area contributed by atoms with Gasteiger partial charge in [0, 0.05) is 10.0 Å². The van der Waals surface area contributed by atoms with Crippen LogP contribution in [0.2, 0.25) is 0 Å². The molecule has 0 fully saturated rings. The van der Waals surface area contributed by atoms with Crippen molar-refractivity contribution in [3.63, 3.8) is 0 Å². The molecule has 22 heavy (non-hydrogen) atoms. The van der Waals surface area contributed by atoms with Gasteiger partial charge in [-0.2, -0.15) is 0 Å². The van der Waals surface area contributed by atoms with Crippen molar-refractivity contribution in [2.45, 2.75) is 6.10 Å². The maximum absolute atomic E-state index is 11.6. The van der Waals surface area contributed by atoms with Gasteiger partial charge in [0.15, 0.2) is 11.5 Å². The van der Waals surface area contributed by atoms with Crippen LogP contribution in [-0.2, 0) is 4.79 Å². The van der Waals surface area contributed by atoms with Gasteiger partial charge in [-0.1, -0.05) is 46.3 Å². The van der Waals surface area contributed by atoms with Gasteiger partial charge in [0.05, 0.1) is 14.2 Å². The average Bonchev–Trinajstić information content (AvgIpc) is 2.53. The topological polar surface area (TPSA) is 65.0 Å². The molecule has 0 saturated heterocycles. The summed E-state index contributed by atoms with van der Waals surface area (Å²) < 4.78 is 16.9. The van der Waals surface area contributed by atoms with Gasteiger partial charge in [0.2, 0.25) is 11.9 Å². The van der Waals surface area contributed by atoms with E-state index in [9.17, 15) is 9.90 Å². The number of carbonyl (C=O) groups is 1. The number of hydrogen-bond donors (Lipinski definition) is 1. The van der Waals surface area contributed by atoms with Crippen molar-refractivity contribution in [3.8, 4) is 17.2 Å². The van der Waals surface area contributed by atoms with Gasteiger partial charge in [-0.05, 0) is 12.1 Å². The molecule has 1 N–H and O–H groups in total. The number of rotatable bonds is 6. The number of aliphatic carboxylic acids is 1. The van der Waals surface area contributed by atoms with E-state index in [2.05, 4.69) is 15.9 Å². The lowest BCUT2D eigenvalue weighted by Gasteiger charge is -2.19. The second-order valence-corrected chi connectivity index (χ2v) is 5.30. The Balaban J connectivity index is 2.45. The Morgan fingerprint density at radius 2 is 1.64 bits per heavy atom. The number of halogens is 1. The third-order valence-electron chi connectivity index (χ3n) is 2.99. The molecule has 0 saturated carbocycles. The lowest BCUT2D eigenvalue weighted by Crippen LogP contribution is -2.18. The smallest absolute Gasteiger partial charge is 0.349 e.